The summed E-state index contributed by atoms with van der Waals surface area (Å²) in [6, 6.07) is 62.5. The number of anilines is 6. The molecule has 10 aromatic rings. The van der Waals surface area contributed by atoms with Gasteiger partial charge in [0.1, 0.15) is 11.6 Å². The Labute approximate surface area is 399 Å². The van der Waals surface area contributed by atoms with E-state index in [0.717, 1.165) is 78.6 Å². The maximum absolute atomic E-state index is 6.55. The second-order valence-corrected chi connectivity index (χ2v) is 15.1. The molecule has 0 fully saturated rings. The first-order valence-electron chi connectivity index (χ1n) is 20.2. The number of hydrogen-bond acceptors (Lipinski definition) is 8. The summed E-state index contributed by atoms with van der Waals surface area (Å²) in [6.07, 6.45) is 3.60. The smallest absolute Gasteiger partial charge is 0.134 e. The van der Waals surface area contributed by atoms with Crippen molar-refractivity contribution in [1.29, 1.82) is 0 Å². The van der Waals surface area contributed by atoms with Crippen LogP contribution >= 0.6 is 0 Å². The normalized spacial score (nSPS) is 13.0. The summed E-state index contributed by atoms with van der Waals surface area (Å²) in [5.74, 6) is 3.70. The van der Waals surface area contributed by atoms with Crippen LogP contribution in [0.1, 0.15) is 0 Å². The van der Waals surface area contributed by atoms with Crippen LogP contribution in [0.2, 0.25) is 0 Å². The number of para-hydroxylation sites is 4. The molecule has 0 aliphatic carbocycles. The minimum absolute atomic E-state index is 0. The molecule has 0 radical (unpaired) electrons. The minimum atomic E-state index is 0. The van der Waals surface area contributed by atoms with Crippen molar-refractivity contribution >= 4 is 67.0 Å². The Bertz CT molecular complexity index is 3120. The molecule has 4 aromatic heterocycles. The molecule has 64 heavy (non-hydrogen) atoms. The van der Waals surface area contributed by atoms with Gasteiger partial charge in [-0.1, -0.05) is 58.2 Å². The van der Waals surface area contributed by atoms with E-state index in [9.17, 15) is 0 Å². The van der Waals surface area contributed by atoms with Gasteiger partial charge in [-0.05, 0) is 62.6 Å². The maximum atomic E-state index is 6.55. The number of ether oxygens (including phenoxy) is 2. The van der Waals surface area contributed by atoms with Crippen LogP contribution in [-0.4, -0.2) is 33.2 Å². The molecular weight excluding hydrogens is 1160 g/mol. The molecule has 0 unspecified atom stereocenters. The molecule has 12 rings (SSSR count). The molecule has 0 bridgehead atoms. The third kappa shape index (κ3) is 6.89. The first-order valence-corrected chi connectivity index (χ1v) is 20.2. The molecule has 320 valence electrons. The Kier molecular flexibility index (Phi) is 10.7. The SMILES string of the molecule is CN1[CH-]N(c2[c-]c(Oc3[c-]c4c(cc3)c3c(c5ccc(Oc6[c-]c(N7[CH-]N(C)c8ccccc87)ccc6)[c-]c5n3-c3ccccn3)n4-c3ccccn3)ccc2)c2ccccc21.[Pt].[Pt]. The Morgan fingerprint density at radius 3 is 1.25 bits per heavy atom. The van der Waals surface area contributed by atoms with Gasteiger partial charge in [0.15, 0.2) is 0 Å². The average molecular weight is 1190 g/mol. The topological polar surface area (TPSA) is 67.1 Å². The van der Waals surface area contributed by atoms with Gasteiger partial charge in [0.2, 0.25) is 0 Å². The zero-order chi connectivity index (χ0) is 41.3. The van der Waals surface area contributed by atoms with Crippen molar-refractivity contribution < 1.29 is 51.6 Å². The van der Waals surface area contributed by atoms with Crippen molar-refractivity contribution in [3.05, 3.63) is 196 Å². The predicted octanol–water partition coefficient (Wildman–Crippen LogP) is 11.7. The van der Waals surface area contributed by atoms with Crippen molar-refractivity contribution in [2.24, 2.45) is 0 Å². The van der Waals surface area contributed by atoms with Crippen LogP contribution in [0.3, 0.4) is 0 Å². The van der Waals surface area contributed by atoms with Crippen LogP contribution in [0.25, 0.3) is 44.5 Å². The first-order chi connectivity index (χ1) is 30.6. The molecule has 0 saturated carbocycles. The third-order valence-electron chi connectivity index (χ3n) is 11.3. The quantitative estimate of drug-likeness (QED) is 0.139. The Morgan fingerprint density at radius 1 is 0.422 bits per heavy atom. The summed E-state index contributed by atoms with van der Waals surface area (Å²) in [7, 11) is 4.09. The zero-order valence-electron chi connectivity index (χ0n) is 34.2. The predicted molar refractivity (Wildman–Crippen MR) is 244 cm³/mol. The number of hydrogen-bond donors (Lipinski definition) is 0. The standard InChI is InChI=1S/C52H34N8O2.2Pt/c1-55-33-57(45-19-5-3-17-43(45)55)35-13-11-15-37(29-35)61-39-23-25-41-47(31-39)59(49-21-7-9-27-53-49)52-42-26-24-40(32-48(42)60(51(41)52)50-22-8-10-28-54-50)62-38-16-12-14-36(30-38)58-34-56(2)44-18-4-6-20-46(44)58;;/h3-28,33-34H,1-2H3;;/q-6;;. The summed E-state index contributed by atoms with van der Waals surface area (Å²) < 4.78 is 17.4. The van der Waals surface area contributed by atoms with Gasteiger partial charge in [0.05, 0.1) is 0 Å². The number of nitrogens with zero attached hydrogens (tertiary/aromatic N) is 8. The summed E-state index contributed by atoms with van der Waals surface area (Å²) in [6.45, 7) is 4.11. The van der Waals surface area contributed by atoms with Crippen LogP contribution < -0.4 is 29.1 Å². The second-order valence-electron chi connectivity index (χ2n) is 15.1. The molecule has 2 aliphatic heterocycles. The molecular formula is C52H34N8O2Pt2-6. The Balaban J connectivity index is 0.00000242. The van der Waals surface area contributed by atoms with E-state index in [4.69, 9.17) is 19.4 Å². The van der Waals surface area contributed by atoms with Gasteiger partial charge < -0.3 is 38.2 Å². The molecule has 2 aliphatic rings. The number of rotatable bonds is 8. The largest absolute Gasteiger partial charge is 0.509 e. The summed E-state index contributed by atoms with van der Waals surface area (Å²) in [5.41, 5.74) is 9.60. The molecule has 0 atom stereocenters. The zero-order valence-corrected chi connectivity index (χ0v) is 38.7. The average Bonchev–Trinajstić information content (AvgIpc) is 4.04. The van der Waals surface area contributed by atoms with Crippen molar-refractivity contribution in [2.75, 3.05) is 33.7 Å². The molecule has 6 aromatic carbocycles. The number of benzene rings is 6. The van der Waals surface area contributed by atoms with Gasteiger partial charge in [-0.15, -0.1) is 72.0 Å². The maximum Gasteiger partial charge on any atom is 0.134 e. The van der Waals surface area contributed by atoms with Gasteiger partial charge in [0.25, 0.3) is 0 Å². The number of fused-ring (bicyclic) bond motifs is 7. The van der Waals surface area contributed by atoms with Gasteiger partial charge >= 0.3 is 0 Å². The fourth-order valence-electron chi connectivity index (χ4n) is 8.56. The van der Waals surface area contributed by atoms with Crippen LogP contribution in [0.5, 0.6) is 23.0 Å². The van der Waals surface area contributed by atoms with Crippen LogP contribution in [0.15, 0.2) is 158 Å². The van der Waals surface area contributed by atoms with E-state index < -0.39 is 0 Å². The third-order valence-corrected chi connectivity index (χ3v) is 11.3. The summed E-state index contributed by atoms with van der Waals surface area (Å²) >= 11 is 0. The van der Waals surface area contributed by atoms with E-state index in [1.165, 1.54) is 0 Å². The van der Waals surface area contributed by atoms with Gasteiger partial charge in [-0.2, -0.15) is 37.6 Å². The minimum Gasteiger partial charge on any atom is -0.509 e. The van der Waals surface area contributed by atoms with E-state index in [0.29, 0.717) is 23.0 Å². The van der Waals surface area contributed by atoms with E-state index in [2.05, 4.69) is 103 Å². The van der Waals surface area contributed by atoms with Gasteiger partial charge in [-0.25, -0.2) is 9.97 Å². The van der Waals surface area contributed by atoms with E-state index in [-0.39, 0.29) is 42.1 Å². The molecule has 12 heteroatoms. The molecule has 0 spiro atoms. The molecule has 0 N–H and O–H groups in total. The summed E-state index contributed by atoms with van der Waals surface area (Å²) in [5, 5.41) is 1.88. The van der Waals surface area contributed by atoms with Gasteiger partial charge in [0, 0.05) is 111 Å². The molecule has 10 nitrogen and oxygen atoms in total. The van der Waals surface area contributed by atoms with Crippen LogP contribution in [-0.2, 0) is 42.1 Å². The second kappa shape index (κ2) is 16.7. The number of aromatic nitrogens is 4. The van der Waals surface area contributed by atoms with E-state index >= 15 is 0 Å². The molecule has 6 heterocycles. The Morgan fingerprint density at radius 2 is 0.828 bits per heavy atom. The van der Waals surface area contributed by atoms with Crippen LogP contribution in [0.4, 0.5) is 34.1 Å². The van der Waals surface area contributed by atoms with E-state index in [1.54, 1.807) is 12.4 Å². The van der Waals surface area contributed by atoms with Crippen molar-refractivity contribution in [2.45, 2.75) is 0 Å². The fraction of sp³-hybridized carbons (Fsp3) is 0.0385. The Hall–Kier alpha value is -6.86. The first kappa shape index (κ1) is 41.2. The number of pyridine rings is 2. The fourth-order valence-corrected chi connectivity index (χ4v) is 8.56. The van der Waals surface area contributed by atoms with E-state index in [1.807, 2.05) is 123 Å². The van der Waals surface area contributed by atoms with Gasteiger partial charge in [-0.3, -0.25) is 0 Å². The van der Waals surface area contributed by atoms with Crippen molar-refractivity contribution in [3.63, 3.8) is 0 Å². The monoisotopic (exact) mass is 1190 g/mol. The molecule has 0 saturated heterocycles. The van der Waals surface area contributed by atoms with Crippen molar-refractivity contribution in [1.82, 2.24) is 19.1 Å². The molecule has 0 amide bonds. The van der Waals surface area contributed by atoms with Crippen molar-refractivity contribution in [3.8, 4) is 34.6 Å². The summed E-state index contributed by atoms with van der Waals surface area (Å²) in [4.78, 5) is 18.1. The van der Waals surface area contributed by atoms with Crippen LogP contribution in [0, 0.1) is 37.6 Å².